The molecule has 1 heterocycles. The molecule has 1 aliphatic carbocycles. The lowest BCUT2D eigenvalue weighted by molar-refractivity contribution is -0.141. The Hall–Kier alpha value is -3.54. The second-order valence-corrected chi connectivity index (χ2v) is 8.23. The molecule has 172 valence electrons. The Morgan fingerprint density at radius 2 is 1.85 bits per heavy atom. The maximum absolute atomic E-state index is 13.3. The van der Waals surface area contributed by atoms with Crippen molar-refractivity contribution >= 4 is 11.8 Å². The molecule has 0 radical (unpaired) electrons. The van der Waals surface area contributed by atoms with Gasteiger partial charge in [0.15, 0.2) is 5.78 Å². The summed E-state index contributed by atoms with van der Waals surface area (Å²) in [5.74, 6) is -0.182. The zero-order chi connectivity index (χ0) is 23.2. The summed E-state index contributed by atoms with van der Waals surface area (Å²) in [5, 5.41) is 0. The van der Waals surface area contributed by atoms with Crippen molar-refractivity contribution in [1.29, 1.82) is 0 Å². The number of ether oxygens (including phenoxy) is 3. The molecule has 0 saturated heterocycles. The van der Waals surface area contributed by atoms with Gasteiger partial charge in [-0.1, -0.05) is 61.9 Å². The van der Waals surface area contributed by atoms with Gasteiger partial charge in [-0.25, -0.2) is 4.79 Å². The fraction of sp³-hybridized carbons (Fsp3) is 0.333. The van der Waals surface area contributed by atoms with Crippen molar-refractivity contribution in [3.05, 3.63) is 88.5 Å². The Kier molecular flexibility index (Phi) is 7.13. The number of hydrogen-bond donors (Lipinski definition) is 1. The molecule has 2 aromatic carbocycles. The average molecular weight is 448 g/mol. The van der Waals surface area contributed by atoms with Crippen LogP contribution >= 0.6 is 0 Å². The molecular formula is C27H29NO5. The maximum atomic E-state index is 13.3. The number of carbonyl (C=O) groups is 2. The molecule has 2 aliphatic rings. The summed E-state index contributed by atoms with van der Waals surface area (Å²) in [6, 6.07) is 16.9. The largest absolute Gasteiger partial charge is 0.493 e. The SMILES string of the molecule is CCCCOc1ccccc1[C@@H]1C(C(=O)OCc2ccccc2)=C(N)OC2=C1C(=O)CCC2. The molecule has 2 aromatic rings. The molecule has 0 amide bonds. The van der Waals surface area contributed by atoms with E-state index in [4.69, 9.17) is 19.9 Å². The summed E-state index contributed by atoms with van der Waals surface area (Å²) in [6.45, 7) is 2.73. The number of Topliss-reactive ketones (excluding diaryl/α,β-unsaturated/α-hetero) is 1. The van der Waals surface area contributed by atoms with Crippen LogP contribution in [0.5, 0.6) is 5.75 Å². The Morgan fingerprint density at radius 1 is 1.09 bits per heavy atom. The molecule has 0 spiro atoms. The molecule has 0 bridgehead atoms. The Bertz CT molecular complexity index is 1090. The molecule has 6 heteroatoms. The predicted octanol–water partition coefficient (Wildman–Crippen LogP) is 4.90. The third kappa shape index (κ3) is 4.95. The van der Waals surface area contributed by atoms with Crippen molar-refractivity contribution in [2.45, 2.75) is 51.6 Å². The molecule has 4 rings (SSSR count). The number of hydrogen-bond acceptors (Lipinski definition) is 6. The fourth-order valence-electron chi connectivity index (χ4n) is 4.24. The van der Waals surface area contributed by atoms with Gasteiger partial charge in [0.05, 0.1) is 12.5 Å². The molecule has 0 fully saturated rings. The van der Waals surface area contributed by atoms with E-state index in [1.54, 1.807) is 0 Å². The Balaban J connectivity index is 1.72. The van der Waals surface area contributed by atoms with Gasteiger partial charge in [0.2, 0.25) is 5.88 Å². The van der Waals surface area contributed by atoms with Gasteiger partial charge in [0, 0.05) is 24.0 Å². The third-order valence-corrected chi connectivity index (χ3v) is 5.90. The average Bonchev–Trinajstić information content (AvgIpc) is 2.83. The van der Waals surface area contributed by atoms with Crippen molar-refractivity contribution in [3.8, 4) is 5.75 Å². The molecule has 1 aliphatic heterocycles. The number of rotatable bonds is 8. The van der Waals surface area contributed by atoms with Gasteiger partial charge in [-0.15, -0.1) is 0 Å². The number of esters is 1. The number of carbonyl (C=O) groups excluding carboxylic acids is 2. The highest BCUT2D eigenvalue weighted by Gasteiger charge is 2.42. The van der Waals surface area contributed by atoms with Gasteiger partial charge in [-0.3, -0.25) is 4.79 Å². The van der Waals surface area contributed by atoms with Gasteiger partial charge in [0.25, 0.3) is 0 Å². The van der Waals surface area contributed by atoms with Gasteiger partial charge in [-0.05, 0) is 24.5 Å². The monoisotopic (exact) mass is 447 g/mol. The number of para-hydroxylation sites is 1. The Labute approximate surface area is 194 Å². The summed E-state index contributed by atoms with van der Waals surface area (Å²) in [5.41, 5.74) is 8.47. The van der Waals surface area contributed by atoms with E-state index in [-0.39, 0.29) is 23.8 Å². The Morgan fingerprint density at radius 3 is 2.64 bits per heavy atom. The zero-order valence-electron chi connectivity index (χ0n) is 18.8. The van der Waals surface area contributed by atoms with Gasteiger partial charge in [0.1, 0.15) is 23.7 Å². The number of allylic oxidation sites excluding steroid dienone is 2. The molecule has 33 heavy (non-hydrogen) atoms. The number of nitrogens with two attached hydrogens (primary N) is 1. The first-order valence-corrected chi connectivity index (χ1v) is 11.5. The van der Waals surface area contributed by atoms with Crippen molar-refractivity contribution < 1.29 is 23.8 Å². The topological polar surface area (TPSA) is 87.8 Å². The molecule has 6 nitrogen and oxygen atoms in total. The van der Waals surface area contributed by atoms with Crippen LogP contribution in [-0.2, 0) is 25.7 Å². The van der Waals surface area contributed by atoms with Crippen LogP contribution in [0.2, 0.25) is 0 Å². The van der Waals surface area contributed by atoms with Crippen molar-refractivity contribution in [2.75, 3.05) is 6.61 Å². The van der Waals surface area contributed by atoms with Crippen LogP contribution in [0.15, 0.2) is 77.4 Å². The summed E-state index contributed by atoms with van der Waals surface area (Å²) in [6.07, 6.45) is 3.60. The minimum Gasteiger partial charge on any atom is -0.493 e. The smallest absolute Gasteiger partial charge is 0.340 e. The van der Waals surface area contributed by atoms with Crippen LogP contribution in [0, 0.1) is 0 Å². The van der Waals surface area contributed by atoms with Crippen molar-refractivity contribution in [3.63, 3.8) is 0 Å². The van der Waals surface area contributed by atoms with E-state index in [9.17, 15) is 9.59 Å². The number of benzene rings is 2. The van der Waals surface area contributed by atoms with Crippen LogP contribution in [0.25, 0.3) is 0 Å². The van der Waals surface area contributed by atoms with E-state index in [2.05, 4.69) is 6.92 Å². The molecule has 2 N–H and O–H groups in total. The second kappa shape index (κ2) is 10.4. The zero-order valence-corrected chi connectivity index (χ0v) is 18.8. The van der Waals surface area contributed by atoms with Gasteiger partial charge < -0.3 is 19.9 Å². The lowest BCUT2D eigenvalue weighted by Crippen LogP contribution is -2.31. The minimum absolute atomic E-state index is 0.0186. The van der Waals surface area contributed by atoms with Crippen LogP contribution < -0.4 is 10.5 Å². The number of unbranched alkanes of at least 4 members (excludes halogenated alkanes) is 1. The minimum atomic E-state index is -0.692. The van der Waals surface area contributed by atoms with Crippen LogP contribution in [0.3, 0.4) is 0 Å². The summed E-state index contributed by atoms with van der Waals surface area (Å²) >= 11 is 0. The van der Waals surface area contributed by atoms with Gasteiger partial charge >= 0.3 is 5.97 Å². The van der Waals surface area contributed by atoms with E-state index in [0.717, 1.165) is 18.4 Å². The standard InChI is InChI=1S/C27H29NO5/c1-2-3-16-31-21-14-8-7-12-19(21)23-24-20(29)13-9-15-22(24)33-26(28)25(23)27(30)32-17-18-10-5-4-6-11-18/h4-8,10-12,14,23H,2-3,9,13,15-17,28H2,1H3/t23-/m0/s1. The third-order valence-electron chi connectivity index (χ3n) is 5.90. The lowest BCUT2D eigenvalue weighted by atomic mass is 9.77. The van der Waals surface area contributed by atoms with E-state index < -0.39 is 11.9 Å². The summed E-state index contributed by atoms with van der Waals surface area (Å²) in [4.78, 5) is 26.3. The van der Waals surface area contributed by atoms with Crippen LogP contribution in [0.4, 0.5) is 0 Å². The molecular weight excluding hydrogens is 418 g/mol. The molecule has 0 saturated carbocycles. The highest BCUT2D eigenvalue weighted by molar-refractivity contribution is 6.03. The van der Waals surface area contributed by atoms with E-state index in [1.165, 1.54) is 0 Å². The second-order valence-electron chi connectivity index (χ2n) is 8.23. The van der Waals surface area contributed by atoms with Crippen molar-refractivity contribution in [1.82, 2.24) is 0 Å². The lowest BCUT2D eigenvalue weighted by Gasteiger charge is -2.33. The normalized spacial score (nSPS) is 18.0. The van der Waals surface area contributed by atoms with Crippen LogP contribution in [0.1, 0.15) is 56.1 Å². The first kappa shape index (κ1) is 22.6. The van der Waals surface area contributed by atoms with E-state index in [0.29, 0.717) is 48.5 Å². The quantitative estimate of drug-likeness (QED) is 0.457. The summed E-state index contributed by atoms with van der Waals surface area (Å²) < 4.78 is 17.5. The molecule has 1 atom stereocenters. The van der Waals surface area contributed by atoms with Crippen LogP contribution in [-0.4, -0.2) is 18.4 Å². The molecule has 0 aromatic heterocycles. The highest BCUT2D eigenvalue weighted by atomic mass is 16.5. The first-order valence-electron chi connectivity index (χ1n) is 11.5. The van der Waals surface area contributed by atoms with Crippen molar-refractivity contribution in [2.24, 2.45) is 5.73 Å². The fourth-order valence-corrected chi connectivity index (χ4v) is 4.24. The molecule has 0 unspecified atom stereocenters. The first-order chi connectivity index (χ1) is 16.1. The highest BCUT2D eigenvalue weighted by Crippen LogP contribution is 2.46. The van der Waals surface area contributed by atoms with E-state index in [1.807, 2.05) is 54.6 Å². The number of ketones is 1. The maximum Gasteiger partial charge on any atom is 0.340 e. The predicted molar refractivity (Wildman–Crippen MR) is 124 cm³/mol. The summed E-state index contributed by atoms with van der Waals surface area (Å²) in [7, 11) is 0. The van der Waals surface area contributed by atoms with Gasteiger partial charge in [-0.2, -0.15) is 0 Å². The van der Waals surface area contributed by atoms with E-state index >= 15 is 0 Å².